The number of primary amides is 1. The molecule has 0 radical (unpaired) electrons. The van der Waals surface area contributed by atoms with Crippen LogP contribution in [0.15, 0.2) is 12.7 Å². The Bertz CT molecular complexity index is 738. The average Bonchev–Trinajstić information content (AvgIpc) is 2.97. The third kappa shape index (κ3) is 3.07. The van der Waals surface area contributed by atoms with Gasteiger partial charge in [-0.1, -0.05) is 13.8 Å². The van der Waals surface area contributed by atoms with E-state index in [2.05, 4.69) is 26.8 Å². The third-order valence-corrected chi connectivity index (χ3v) is 5.01. The van der Waals surface area contributed by atoms with Crippen molar-refractivity contribution in [1.82, 2.24) is 19.5 Å². The van der Waals surface area contributed by atoms with Crippen molar-refractivity contribution in [1.29, 1.82) is 0 Å². The molecule has 2 N–H and O–H groups in total. The van der Waals surface area contributed by atoms with Crippen molar-refractivity contribution in [3.63, 3.8) is 0 Å². The number of piperidine rings is 1. The van der Waals surface area contributed by atoms with Crippen LogP contribution < -0.4 is 10.6 Å². The standard InChI is InChI=1S/C17H26N6O/c1-4-22-11-21-13-14(22)19-10-20-15(13)23-7-5-6-12(9-23)8-17(2,3)16(18)24/h10-12H,4-9H2,1-3H3,(H2,18,24). The second-order valence-electron chi connectivity index (χ2n) is 7.31. The quantitative estimate of drug-likeness (QED) is 0.905. The molecule has 1 fully saturated rings. The third-order valence-electron chi connectivity index (χ3n) is 5.01. The highest BCUT2D eigenvalue weighted by Gasteiger charge is 2.32. The summed E-state index contributed by atoms with van der Waals surface area (Å²) in [6.45, 7) is 8.61. The highest BCUT2D eigenvalue weighted by Crippen LogP contribution is 2.33. The number of rotatable bonds is 5. The molecule has 0 saturated carbocycles. The molecule has 3 heterocycles. The van der Waals surface area contributed by atoms with E-state index in [0.29, 0.717) is 5.92 Å². The number of carbonyl (C=O) groups is 1. The van der Waals surface area contributed by atoms with Crippen molar-refractivity contribution in [3.8, 4) is 0 Å². The first-order valence-electron chi connectivity index (χ1n) is 8.63. The zero-order valence-electron chi connectivity index (χ0n) is 14.7. The summed E-state index contributed by atoms with van der Waals surface area (Å²) in [4.78, 5) is 27.3. The molecule has 3 rings (SSSR count). The van der Waals surface area contributed by atoms with E-state index in [9.17, 15) is 4.79 Å². The highest BCUT2D eigenvalue weighted by molar-refractivity contribution is 5.83. The molecule has 130 valence electrons. The Balaban J connectivity index is 1.83. The minimum atomic E-state index is -0.474. The number of nitrogens with zero attached hydrogens (tertiary/aromatic N) is 5. The van der Waals surface area contributed by atoms with Gasteiger partial charge in [-0.3, -0.25) is 4.79 Å². The molecule has 2 aromatic rings. The number of fused-ring (bicyclic) bond motifs is 1. The van der Waals surface area contributed by atoms with Crippen molar-refractivity contribution < 1.29 is 4.79 Å². The molecule has 1 aliphatic rings. The largest absolute Gasteiger partial charge is 0.369 e. The van der Waals surface area contributed by atoms with Gasteiger partial charge in [0.2, 0.25) is 5.91 Å². The predicted molar refractivity (Wildman–Crippen MR) is 93.5 cm³/mol. The summed E-state index contributed by atoms with van der Waals surface area (Å²) < 4.78 is 2.03. The van der Waals surface area contributed by atoms with Crippen LogP contribution in [-0.2, 0) is 11.3 Å². The fourth-order valence-electron chi connectivity index (χ4n) is 3.58. The van der Waals surface area contributed by atoms with Crippen LogP contribution in [0.3, 0.4) is 0 Å². The van der Waals surface area contributed by atoms with Gasteiger partial charge in [-0.2, -0.15) is 0 Å². The fraction of sp³-hybridized carbons (Fsp3) is 0.647. The summed E-state index contributed by atoms with van der Waals surface area (Å²) in [6, 6.07) is 0. The SMILES string of the molecule is CCn1cnc2c(N3CCCC(CC(C)(C)C(N)=O)C3)ncnc21. The van der Waals surface area contributed by atoms with Gasteiger partial charge in [-0.05, 0) is 32.1 Å². The maximum atomic E-state index is 11.6. The summed E-state index contributed by atoms with van der Waals surface area (Å²) >= 11 is 0. The lowest BCUT2D eigenvalue weighted by molar-refractivity contribution is -0.126. The van der Waals surface area contributed by atoms with Crippen LogP contribution in [0.1, 0.15) is 40.0 Å². The average molecular weight is 330 g/mol. The number of imidazole rings is 1. The van der Waals surface area contributed by atoms with E-state index in [0.717, 1.165) is 55.9 Å². The van der Waals surface area contributed by atoms with Crippen molar-refractivity contribution in [2.75, 3.05) is 18.0 Å². The molecule has 0 spiro atoms. The maximum absolute atomic E-state index is 11.6. The number of hydrogen-bond donors (Lipinski definition) is 1. The number of carbonyl (C=O) groups excluding carboxylic acids is 1. The van der Waals surface area contributed by atoms with Gasteiger partial charge in [0, 0.05) is 25.0 Å². The second-order valence-corrected chi connectivity index (χ2v) is 7.31. The van der Waals surface area contributed by atoms with Crippen molar-refractivity contribution in [3.05, 3.63) is 12.7 Å². The van der Waals surface area contributed by atoms with Crippen LogP contribution in [0.4, 0.5) is 5.82 Å². The predicted octanol–water partition coefficient (Wildman–Crippen LogP) is 1.96. The Labute approximate surface area is 142 Å². The second kappa shape index (κ2) is 6.37. The fourth-order valence-corrected chi connectivity index (χ4v) is 3.58. The molecule has 0 aromatic carbocycles. The lowest BCUT2D eigenvalue weighted by Gasteiger charge is -2.36. The van der Waals surface area contributed by atoms with Crippen molar-refractivity contribution in [2.24, 2.45) is 17.1 Å². The highest BCUT2D eigenvalue weighted by atomic mass is 16.1. The Morgan fingerprint density at radius 2 is 2.17 bits per heavy atom. The van der Waals surface area contributed by atoms with E-state index in [1.165, 1.54) is 0 Å². The summed E-state index contributed by atoms with van der Waals surface area (Å²) in [5.41, 5.74) is 6.80. The van der Waals surface area contributed by atoms with Crippen LogP contribution in [0.25, 0.3) is 11.2 Å². The topological polar surface area (TPSA) is 89.9 Å². The van der Waals surface area contributed by atoms with E-state index in [-0.39, 0.29) is 5.91 Å². The zero-order chi connectivity index (χ0) is 17.3. The molecule has 7 nitrogen and oxygen atoms in total. The van der Waals surface area contributed by atoms with Gasteiger partial charge in [0.15, 0.2) is 17.0 Å². The van der Waals surface area contributed by atoms with E-state index in [4.69, 9.17) is 5.73 Å². The first-order chi connectivity index (χ1) is 11.4. The van der Waals surface area contributed by atoms with Gasteiger partial charge < -0.3 is 15.2 Å². The summed E-state index contributed by atoms with van der Waals surface area (Å²) in [6.07, 6.45) is 6.43. The van der Waals surface area contributed by atoms with Crippen LogP contribution >= 0.6 is 0 Å². The van der Waals surface area contributed by atoms with Gasteiger partial charge in [0.1, 0.15) is 6.33 Å². The van der Waals surface area contributed by atoms with Gasteiger partial charge in [-0.25, -0.2) is 15.0 Å². The Morgan fingerprint density at radius 3 is 2.88 bits per heavy atom. The van der Waals surface area contributed by atoms with Crippen molar-refractivity contribution in [2.45, 2.75) is 46.6 Å². The molecule has 24 heavy (non-hydrogen) atoms. The molecule has 1 amide bonds. The summed E-state index contributed by atoms with van der Waals surface area (Å²) in [5.74, 6) is 1.10. The van der Waals surface area contributed by atoms with E-state index < -0.39 is 5.41 Å². The van der Waals surface area contributed by atoms with Crippen molar-refractivity contribution >= 4 is 22.9 Å². The van der Waals surface area contributed by atoms with Crippen LogP contribution in [-0.4, -0.2) is 38.5 Å². The molecular weight excluding hydrogens is 304 g/mol. The van der Waals surface area contributed by atoms with Gasteiger partial charge >= 0.3 is 0 Å². The number of aryl methyl sites for hydroxylation is 1. The first-order valence-corrected chi connectivity index (χ1v) is 8.63. The van der Waals surface area contributed by atoms with E-state index in [1.807, 2.05) is 24.7 Å². The number of nitrogens with two attached hydrogens (primary N) is 1. The van der Waals surface area contributed by atoms with Gasteiger partial charge in [-0.15, -0.1) is 0 Å². The minimum Gasteiger partial charge on any atom is -0.369 e. The lowest BCUT2D eigenvalue weighted by Crippen LogP contribution is -2.40. The number of amides is 1. The number of hydrogen-bond acceptors (Lipinski definition) is 5. The molecule has 1 unspecified atom stereocenters. The Hall–Kier alpha value is -2.18. The summed E-state index contributed by atoms with van der Waals surface area (Å²) in [5, 5.41) is 0. The minimum absolute atomic E-state index is 0.231. The van der Waals surface area contributed by atoms with Crippen LogP contribution in [0, 0.1) is 11.3 Å². The van der Waals surface area contributed by atoms with Crippen LogP contribution in [0.2, 0.25) is 0 Å². The molecule has 1 saturated heterocycles. The normalized spacial score (nSPS) is 19.0. The Morgan fingerprint density at radius 1 is 1.38 bits per heavy atom. The summed E-state index contributed by atoms with van der Waals surface area (Å²) in [7, 11) is 0. The molecule has 0 aliphatic carbocycles. The first kappa shape index (κ1) is 16.7. The van der Waals surface area contributed by atoms with E-state index >= 15 is 0 Å². The molecule has 7 heteroatoms. The number of aromatic nitrogens is 4. The molecular formula is C17H26N6O. The lowest BCUT2D eigenvalue weighted by atomic mass is 9.79. The van der Waals surface area contributed by atoms with Crippen LogP contribution in [0.5, 0.6) is 0 Å². The monoisotopic (exact) mass is 330 g/mol. The van der Waals surface area contributed by atoms with Gasteiger partial charge in [0.25, 0.3) is 0 Å². The Kier molecular flexibility index (Phi) is 4.43. The van der Waals surface area contributed by atoms with E-state index in [1.54, 1.807) is 6.33 Å². The smallest absolute Gasteiger partial charge is 0.223 e. The molecule has 1 atom stereocenters. The molecule has 2 aromatic heterocycles. The number of anilines is 1. The molecule has 1 aliphatic heterocycles. The zero-order valence-corrected chi connectivity index (χ0v) is 14.7. The maximum Gasteiger partial charge on any atom is 0.223 e. The molecule has 0 bridgehead atoms. The van der Waals surface area contributed by atoms with Gasteiger partial charge in [0.05, 0.1) is 6.33 Å².